The summed E-state index contributed by atoms with van der Waals surface area (Å²) in [5.41, 5.74) is 4.59. The monoisotopic (exact) mass is 378 g/mol. The summed E-state index contributed by atoms with van der Waals surface area (Å²) in [6.07, 6.45) is 2.58. The van der Waals surface area contributed by atoms with Crippen LogP contribution >= 0.6 is 7.92 Å². The molecule has 0 heterocycles. The molecule has 0 saturated carbocycles. The van der Waals surface area contributed by atoms with E-state index in [9.17, 15) is 0 Å². The van der Waals surface area contributed by atoms with Crippen LogP contribution in [0.2, 0.25) is 18.1 Å². The number of hydrogen-bond donors (Lipinski definition) is 0. The molecule has 0 aromatic heterocycles. The molecule has 2 aromatic carbocycles. The molecule has 0 N–H and O–H groups in total. The van der Waals surface area contributed by atoms with E-state index < -0.39 is 8.07 Å². The van der Waals surface area contributed by atoms with Crippen LogP contribution in [0.25, 0.3) is 0 Å². The van der Waals surface area contributed by atoms with Gasteiger partial charge in [0.05, 0.1) is 8.07 Å². The van der Waals surface area contributed by atoms with Crippen LogP contribution in [0.3, 0.4) is 0 Å². The van der Waals surface area contributed by atoms with Crippen molar-refractivity contribution in [2.24, 2.45) is 0 Å². The zero-order valence-corrected chi connectivity index (χ0v) is 18.9. The van der Waals surface area contributed by atoms with Crippen molar-refractivity contribution < 1.29 is 0 Å². The summed E-state index contributed by atoms with van der Waals surface area (Å²) in [7, 11) is -1.90. The van der Waals surface area contributed by atoms with E-state index in [2.05, 4.69) is 108 Å². The largest absolute Gasteiger partial charge is 0.0741 e. The van der Waals surface area contributed by atoms with Crippen LogP contribution in [0.4, 0.5) is 0 Å². The van der Waals surface area contributed by atoms with Crippen molar-refractivity contribution >= 4 is 26.6 Å². The lowest BCUT2D eigenvalue weighted by atomic mass is 10.0. The molecule has 136 valence electrons. The van der Waals surface area contributed by atoms with Crippen molar-refractivity contribution in [3.63, 3.8) is 0 Å². The summed E-state index contributed by atoms with van der Waals surface area (Å²) in [5.74, 6) is 1.32. The van der Waals surface area contributed by atoms with Gasteiger partial charge in [0.15, 0.2) is 0 Å². The molecule has 2 aromatic rings. The first-order valence-corrected chi connectivity index (χ1v) is 14.2. The minimum absolute atomic E-state index is 0.255. The molecular formula is C24H31PSi. The van der Waals surface area contributed by atoms with Crippen molar-refractivity contribution in [2.45, 2.75) is 45.8 Å². The first kappa shape index (κ1) is 19.3. The molecule has 0 amide bonds. The average Bonchev–Trinajstić information content (AvgIpc) is 2.85. The number of hydrogen-bond acceptors (Lipinski definition) is 0. The minimum Gasteiger partial charge on any atom is -0.0741 e. The summed E-state index contributed by atoms with van der Waals surface area (Å²) < 4.78 is 0. The highest BCUT2D eigenvalue weighted by atomic mass is 31.1. The third-order valence-electron chi connectivity index (χ3n) is 6.53. The van der Waals surface area contributed by atoms with E-state index >= 15 is 0 Å². The second-order valence-corrected chi connectivity index (χ2v) is 16.4. The maximum atomic E-state index is 2.60. The van der Waals surface area contributed by atoms with Crippen LogP contribution in [-0.2, 0) is 0 Å². The molecular weight excluding hydrogens is 347 g/mol. The Morgan fingerprint density at radius 1 is 0.808 bits per heavy atom. The average molecular weight is 379 g/mol. The lowest BCUT2D eigenvalue weighted by Crippen LogP contribution is -2.45. The van der Waals surface area contributed by atoms with Gasteiger partial charge in [0.1, 0.15) is 0 Å². The maximum Gasteiger partial charge on any atom is 0.0675 e. The molecule has 0 radical (unpaired) electrons. The molecule has 26 heavy (non-hydrogen) atoms. The van der Waals surface area contributed by atoms with Gasteiger partial charge in [-0.05, 0) is 50.7 Å². The fraction of sp³-hybridized carbons (Fsp3) is 0.333. The molecule has 3 rings (SSSR count). The SMILES string of the molecule is CC1=CC(C)([Si](C)(C)CP(c2ccccc2)c2ccccc2)C(C)=C1C. The summed E-state index contributed by atoms with van der Waals surface area (Å²) in [6, 6.07) is 22.3. The lowest BCUT2D eigenvalue weighted by Gasteiger charge is -2.43. The van der Waals surface area contributed by atoms with Gasteiger partial charge in [-0.25, -0.2) is 0 Å². The van der Waals surface area contributed by atoms with Crippen LogP contribution in [0, 0.1) is 0 Å². The van der Waals surface area contributed by atoms with Gasteiger partial charge in [-0.15, -0.1) is 0 Å². The van der Waals surface area contributed by atoms with Crippen molar-refractivity contribution in [1.29, 1.82) is 0 Å². The van der Waals surface area contributed by atoms with Crippen LogP contribution < -0.4 is 10.6 Å². The standard InChI is InChI=1S/C24H31PSi/c1-19-17-24(4,21(3)20(19)2)26(5,6)18-25(22-13-9-7-10-14-22)23-15-11-8-12-16-23/h7-17H,18H2,1-6H3. The fourth-order valence-electron chi connectivity index (χ4n) is 4.14. The number of rotatable bonds is 5. The molecule has 0 bridgehead atoms. The Labute approximate surface area is 161 Å². The Morgan fingerprint density at radius 2 is 1.27 bits per heavy atom. The van der Waals surface area contributed by atoms with E-state index in [1.165, 1.54) is 27.5 Å². The van der Waals surface area contributed by atoms with Gasteiger partial charge in [0, 0.05) is 5.04 Å². The van der Waals surface area contributed by atoms with E-state index in [4.69, 9.17) is 0 Å². The molecule has 1 aliphatic carbocycles. The molecule has 1 unspecified atom stereocenters. The molecule has 1 aliphatic rings. The predicted molar refractivity (Wildman–Crippen MR) is 122 cm³/mol. The Bertz CT molecular complexity index is 794. The molecule has 0 spiro atoms. The van der Waals surface area contributed by atoms with Crippen molar-refractivity contribution in [3.05, 3.63) is 83.5 Å². The van der Waals surface area contributed by atoms with Gasteiger partial charge in [-0.2, -0.15) is 0 Å². The van der Waals surface area contributed by atoms with E-state index in [-0.39, 0.29) is 13.0 Å². The fourth-order valence-corrected chi connectivity index (χ4v) is 13.3. The highest BCUT2D eigenvalue weighted by molar-refractivity contribution is 7.75. The topological polar surface area (TPSA) is 0 Å². The van der Waals surface area contributed by atoms with Crippen molar-refractivity contribution in [1.82, 2.24) is 0 Å². The van der Waals surface area contributed by atoms with Gasteiger partial charge >= 0.3 is 0 Å². The van der Waals surface area contributed by atoms with E-state index in [1.807, 2.05) is 0 Å². The normalized spacial score (nSPS) is 20.7. The highest BCUT2D eigenvalue weighted by Crippen LogP contribution is 2.56. The number of allylic oxidation sites excluding steroid dienone is 4. The van der Waals surface area contributed by atoms with Crippen LogP contribution in [0.1, 0.15) is 27.7 Å². The maximum absolute atomic E-state index is 2.60. The Kier molecular flexibility index (Phi) is 5.42. The third kappa shape index (κ3) is 3.40. The first-order valence-electron chi connectivity index (χ1n) is 9.52. The Hall–Kier alpha value is -1.43. The zero-order valence-electron chi connectivity index (χ0n) is 17.0. The second kappa shape index (κ2) is 7.29. The summed E-state index contributed by atoms with van der Waals surface area (Å²) >= 11 is 0. The molecule has 1 atom stereocenters. The summed E-state index contributed by atoms with van der Waals surface area (Å²) in [5, 5.41) is 3.27. The van der Waals surface area contributed by atoms with E-state index in [0.717, 1.165) is 0 Å². The van der Waals surface area contributed by atoms with Gasteiger partial charge in [-0.1, -0.05) is 97.9 Å². The van der Waals surface area contributed by atoms with Crippen molar-refractivity contribution in [2.75, 3.05) is 5.79 Å². The highest BCUT2D eigenvalue weighted by Gasteiger charge is 2.46. The quantitative estimate of drug-likeness (QED) is 0.416. The van der Waals surface area contributed by atoms with E-state index in [0.29, 0.717) is 0 Å². The smallest absolute Gasteiger partial charge is 0.0675 e. The van der Waals surface area contributed by atoms with Crippen molar-refractivity contribution in [3.8, 4) is 0 Å². The summed E-state index contributed by atoms with van der Waals surface area (Å²) in [6.45, 7) is 14.6. The third-order valence-corrected chi connectivity index (χ3v) is 16.1. The lowest BCUT2D eigenvalue weighted by molar-refractivity contribution is 0.850. The Balaban J connectivity index is 2.02. The van der Waals surface area contributed by atoms with Gasteiger partial charge in [0.2, 0.25) is 0 Å². The molecule has 2 heteroatoms. The predicted octanol–water partition coefficient (Wildman–Crippen LogP) is 6.42. The van der Waals surface area contributed by atoms with Gasteiger partial charge < -0.3 is 0 Å². The Morgan fingerprint density at radius 3 is 1.65 bits per heavy atom. The molecule has 0 aliphatic heterocycles. The second-order valence-electron chi connectivity index (χ2n) is 8.42. The van der Waals surface area contributed by atoms with Crippen LogP contribution in [0.15, 0.2) is 83.5 Å². The molecule has 0 fully saturated rings. The zero-order chi connectivity index (χ0) is 18.9. The van der Waals surface area contributed by atoms with Crippen LogP contribution in [-0.4, -0.2) is 13.9 Å². The molecule has 0 nitrogen and oxygen atoms in total. The van der Waals surface area contributed by atoms with Gasteiger partial charge in [-0.3, -0.25) is 0 Å². The number of benzene rings is 2. The summed E-state index contributed by atoms with van der Waals surface area (Å²) in [4.78, 5) is 0. The minimum atomic E-state index is -1.58. The molecule has 0 saturated heterocycles. The van der Waals surface area contributed by atoms with Gasteiger partial charge in [0.25, 0.3) is 0 Å². The van der Waals surface area contributed by atoms with Crippen LogP contribution in [0.5, 0.6) is 0 Å². The first-order chi connectivity index (χ1) is 12.3. The van der Waals surface area contributed by atoms with E-state index in [1.54, 1.807) is 5.57 Å².